The molecule has 0 saturated carbocycles. The van der Waals surface area contributed by atoms with Crippen molar-refractivity contribution in [3.05, 3.63) is 24.3 Å². The first kappa shape index (κ1) is 18.7. The molecular weight excluding hydrogens is 306 g/mol. The fourth-order valence-electron chi connectivity index (χ4n) is 2.04. The highest BCUT2D eigenvalue weighted by atomic mass is 32.2. The number of benzene rings is 1. The molecule has 0 aromatic heterocycles. The fraction of sp³-hybridized carbons (Fsp3) is 0.600. The van der Waals surface area contributed by atoms with E-state index in [1.807, 2.05) is 13.8 Å². The summed E-state index contributed by atoms with van der Waals surface area (Å²) in [5.74, 6) is 0.679. The van der Waals surface area contributed by atoms with E-state index in [1.54, 1.807) is 31.4 Å². The van der Waals surface area contributed by atoms with Crippen LogP contribution in [0.4, 0.5) is 5.69 Å². The molecular formula is C15H25NO5S. The van der Waals surface area contributed by atoms with Crippen LogP contribution in [0.5, 0.6) is 5.75 Å². The first-order valence-corrected chi connectivity index (χ1v) is 9.12. The van der Waals surface area contributed by atoms with Gasteiger partial charge in [-0.2, -0.15) is 0 Å². The molecule has 0 fully saturated rings. The highest BCUT2D eigenvalue weighted by molar-refractivity contribution is 7.92. The summed E-state index contributed by atoms with van der Waals surface area (Å²) in [7, 11) is -1.81. The maximum absolute atomic E-state index is 12.0. The van der Waals surface area contributed by atoms with E-state index in [0.717, 1.165) is 0 Å². The van der Waals surface area contributed by atoms with Crippen molar-refractivity contribution in [3.63, 3.8) is 0 Å². The van der Waals surface area contributed by atoms with Crippen molar-refractivity contribution in [3.8, 4) is 5.75 Å². The summed E-state index contributed by atoms with van der Waals surface area (Å²) >= 11 is 0. The molecule has 0 heterocycles. The minimum atomic E-state index is -3.38. The Bertz CT molecular complexity index is 523. The van der Waals surface area contributed by atoms with Crippen LogP contribution < -0.4 is 9.04 Å². The van der Waals surface area contributed by atoms with Crippen LogP contribution in [0.25, 0.3) is 0 Å². The molecule has 22 heavy (non-hydrogen) atoms. The summed E-state index contributed by atoms with van der Waals surface area (Å²) < 4.78 is 41.4. The van der Waals surface area contributed by atoms with Crippen LogP contribution in [0.3, 0.4) is 0 Å². The Labute approximate surface area is 133 Å². The molecule has 0 unspecified atom stereocenters. The van der Waals surface area contributed by atoms with E-state index >= 15 is 0 Å². The molecule has 0 spiro atoms. The Balaban J connectivity index is 2.84. The Morgan fingerprint density at radius 2 is 1.64 bits per heavy atom. The SMILES string of the molecule is CCOC(CCN(c1ccc(OC)cc1)S(C)(=O)=O)OCC. The summed E-state index contributed by atoms with van der Waals surface area (Å²) in [5.41, 5.74) is 0.593. The summed E-state index contributed by atoms with van der Waals surface area (Å²) in [6.07, 6.45) is 1.24. The fourth-order valence-corrected chi connectivity index (χ4v) is 2.99. The van der Waals surface area contributed by atoms with Crippen LogP contribution in [-0.2, 0) is 19.5 Å². The molecule has 1 aromatic carbocycles. The maximum atomic E-state index is 12.0. The Morgan fingerprint density at radius 3 is 2.05 bits per heavy atom. The van der Waals surface area contributed by atoms with Crippen molar-refractivity contribution < 1.29 is 22.6 Å². The van der Waals surface area contributed by atoms with Crippen LogP contribution in [0.1, 0.15) is 20.3 Å². The standard InChI is InChI=1S/C15H25NO5S/c1-5-20-15(21-6-2)11-12-16(22(4,17)18)13-7-9-14(19-3)10-8-13/h7-10,15H,5-6,11-12H2,1-4H3. The third kappa shape index (κ3) is 5.82. The van der Waals surface area contributed by atoms with Crippen molar-refractivity contribution in [2.24, 2.45) is 0 Å². The Hall–Kier alpha value is -1.31. The van der Waals surface area contributed by atoms with Gasteiger partial charge in [-0.1, -0.05) is 0 Å². The second-order valence-corrected chi connectivity index (χ2v) is 6.57. The monoisotopic (exact) mass is 331 g/mol. The van der Waals surface area contributed by atoms with Crippen molar-refractivity contribution in [1.82, 2.24) is 0 Å². The highest BCUT2D eigenvalue weighted by Gasteiger charge is 2.19. The summed E-state index contributed by atoms with van der Waals surface area (Å²) in [5, 5.41) is 0. The van der Waals surface area contributed by atoms with Crippen LogP contribution >= 0.6 is 0 Å². The van der Waals surface area contributed by atoms with Gasteiger partial charge in [0, 0.05) is 26.2 Å². The highest BCUT2D eigenvalue weighted by Crippen LogP contribution is 2.22. The smallest absolute Gasteiger partial charge is 0.232 e. The van der Waals surface area contributed by atoms with Crippen molar-refractivity contribution in [2.45, 2.75) is 26.6 Å². The predicted molar refractivity (Wildman–Crippen MR) is 86.8 cm³/mol. The lowest BCUT2D eigenvalue weighted by atomic mass is 10.3. The normalized spacial score (nSPS) is 11.7. The number of anilines is 1. The molecule has 0 aliphatic carbocycles. The zero-order valence-electron chi connectivity index (χ0n) is 13.6. The lowest BCUT2D eigenvalue weighted by molar-refractivity contribution is -0.137. The van der Waals surface area contributed by atoms with Crippen LogP contribution in [0.2, 0.25) is 0 Å². The molecule has 0 N–H and O–H groups in total. The Kier molecular flexibility index (Phi) is 7.64. The van der Waals surface area contributed by atoms with Crippen LogP contribution in [0.15, 0.2) is 24.3 Å². The molecule has 1 aromatic rings. The van der Waals surface area contributed by atoms with Crippen molar-refractivity contribution in [1.29, 1.82) is 0 Å². The number of nitrogens with zero attached hydrogens (tertiary/aromatic N) is 1. The molecule has 6 nitrogen and oxygen atoms in total. The third-order valence-electron chi connectivity index (χ3n) is 3.03. The summed E-state index contributed by atoms with van der Waals surface area (Å²) in [6, 6.07) is 6.90. The average Bonchev–Trinajstić information content (AvgIpc) is 2.47. The molecule has 0 aliphatic heterocycles. The van der Waals surface area contributed by atoms with Gasteiger partial charge in [0.1, 0.15) is 5.75 Å². The second-order valence-electron chi connectivity index (χ2n) is 4.66. The van der Waals surface area contributed by atoms with Gasteiger partial charge in [0.2, 0.25) is 10.0 Å². The molecule has 1 rings (SSSR count). The van der Waals surface area contributed by atoms with Crippen molar-refractivity contribution in [2.75, 3.05) is 37.4 Å². The minimum Gasteiger partial charge on any atom is -0.497 e. The molecule has 0 saturated heterocycles. The number of rotatable bonds is 10. The topological polar surface area (TPSA) is 65.1 Å². The first-order chi connectivity index (χ1) is 10.4. The van der Waals surface area contributed by atoms with E-state index in [4.69, 9.17) is 14.2 Å². The maximum Gasteiger partial charge on any atom is 0.232 e. The second kappa shape index (κ2) is 8.97. The van der Waals surface area contributed by atoms with Crippen LogP contribution in [-0.4, -0.2) is 47.8 Å². The van der Waals surface area contributed by atoms with E-state index in [0.29, 0.717) is 31.1 Å². The van der Waals surface area contributed by atoms with E-state index in [9.17, 15) is 8.42 Å². The van der Waals surface area contributed by atoms with E-state index in [-0.39, 0.29) is 6.54 Å². The summed E-state index contributed by atoms with van der Waals surface area (Å²) in [6.45, 7) is 5.08. The van der Waals surface area contributed by atoms with Gasteiger partial charge in [0.15, 0.2) is 6.29 Å². The lowest BCUT2D eigenvalue weighted by Crippen LogP contribution is -2.34. The van der Waals surface area contributed by atoms with Gasteiger partial charge in [-0.25, -0.2) is 8.42 Å². The number of sulfonamides is 1. The molecule has 126 valence electrons. The largest absolute Gasteiger partial charge is 0.497 e. The lowest BCUT2D eigenvalue weighted by Gasteiger charge is -2.25. The van der Waals surface area contributed by atoms with Gasteiger partial charge in [-0.3, -0.25) is 4.31 Å². The van der Waals surface area contributed by atoms with Gasteiger partial charge in [0.25, 0.3) is 0 Å². The van der Waals surface area contributed by atoms with Crippen LogP contribution in [0, 0.1) is 0 Å². The minimum absolute atomic E-state index is 0.288. The predicted octanol–water partition coefficient (Wildman–Crippen LogP) is 2.25. The molecule has 7 heteroatoms. The van der Waals surface area contributed by atoms with Gasteiger partial charge in [-0.05, 0) is 38.1 Å². The summed E-state index contributed by atoms with van der Waals surface area (Å²) in [4.78, 5) is 0. The molecule has 0 aliphatic rings. The molecule has 0 amide bonds. The molecule has 0 atom stereocenters. The number of methoxy groups -OCH3 is 1. The molecule has 0 radical (unpaired) electrons. The van der Waals surface area contributed by atoms with E-state index < -0.39 is 16.3 Å². The zero-order chi connectivity index (χ0) is 16.6. The van der Waals surface area contributed by atoms with Gasteiger partial charge >= 0.3 is 0 Å². The Morgan fingerprint density at radius 1 is 1.09 bits per heavy atom. The average molecular weight is 331 g/mol. The van der Waals surface area contributed by atoms with E-state index in [2.05, 4.69) is 0 Å². The molecule has 0 bridgehead atoms. The number of hydrogen-bond donors (Lipinski definition) is 0. The van der Waals surface area contributed by atoms with Crippen molar-refractivity contribution >= 4 is 15.7 Å². The van der Waals surface area contributed by atoms with Gasteiger partial charge < -0.3 is 14.2 Å². The number of hydrogen-bond acceptors (Lipinski definition) is 5. The van der Waals surface area contributed by atoms with Gasteiger partial charge in [-0.15, -0.1) is 0 Å². The first-order valence-electron chi connectivity index (χ1n) is 7.27. The number of ether oxygens (including phenoxy) is 3. The zero-order valence-corrected chi connectivity index (χ0v) is 14.4. The third-order valence-corrected chi connectivity index (χ3v) is 4.23. The van der Waals surface area contributed by atoms with E-state index in [1.165, 1.54) is 10.6 Å². The quantitative estimate of drug-likeness (QED) is 0.615. The van der Waals surface area contributed by atoms with Gasteiger partial charge in [0.05, 0.1) is 19.1 Å².